The van der Waals surface area contributed by atoms with Crippen LogP contribution in [0.1, 0.15) is 6.42 Å². The summed E-state index contributed by atoms with van der Waals surface area (Å²) < 4.78 is 28.6. The first kappa shape index (κ1) is 14.7. The van der Waals surface area contributed by atoms with E-state index in [2.05, 4.69) is 27.3 Å². The van der Waals surface area contributed by atoms with Crippen molar-refractivity contribution in [2.45, 2.75) is 6.42 Å². The van der Waals surface area contributed by atoms with Crippen LogP contribution in [0.4, 0.5) is 5.69 Å². The minimum Gasteiger partial charge on any atom is -0.330 e. The van der Waals surface area contributed by atoms with Gasteiger partial charge in [0.05, 0.1) is 0 Å². The van der Waals surface area contributed by atoms with Crippen LogP contribution in [0.3, 0.4) is 0 Å². The number of hydrogen-bond donors (Lipinski definition) is 2. The molecule has 3 N–H and O–H groups in total. The molecule has 0 atom stereocenters. The quantitative estimate of drug-likeness (QED) is 0.741. The van der Waals surface area contributed by atoms with Crippen molar-refractivity contribution in [2.75, 3.05) is 24.9 Å². The third kappa shape index (κ3) is 4.78. The average Bonchev–Trinajstić information content (AvgIpc) is 2.28. The summed E-state index contributed by atoms with van der Waals surface area (Å²) in [7, 11) is -1.94. The van der Waals surface area contributed by atoms with E-state index < -0.39 is 10.2 Å². The Bertz CT molecular complexity index is 447. The van der Waals surface area contributed by atoms with Gasteiger partial charge in [-0.05, 0) is 59.8 Å². The summed E-state index contributed by atoms with van der Waals surface area (Å²) in [5, 5.41) is 0. The van der Waals surface area contributed by atoms with E-state index in [1.807, 2.05) is 12.1 Å². The zero-order chi connectivity index (χ0) is 12.9. The minimum absolute atomic E-state index is 0.413. The molecule has 1 aromatic rings. The lowest BCUT2D eigenvalue weighted by Gasteiger charge is -2.17. The first-order valence-corrected chi connectivity index (χ1v) is 7.67. The zero-order valence-electron chi connectivity index (χ0n) is 9.56. The topological polar surface area (TPSA) is 75.4 Å². The van der Waals surface area contributed by atoms with Crippen LogP contribution in [0.2, 0.25) is 0 Å². The maximum absolute atomic E-state index is 11.9. The second-order valence-corrected chi connectivity index (χ2v) is 6.60. The normalized spacial score (nSPS) is 11.8. The standard InChI is InChI=1S/C10H16IN3O2S/c1-14(8-2-7-12)17(15,16)13-10-5-3-9(11)4-6-10/h3-6,13H,2,7-8,12H2,1H3. The summed E-state index contributed by atoms with van der Waals surface area (Å²) in [5.41, 5.74) is 5.91. The van der Waals surface area contributed by atoms with Crippen molar-refractivity contribution in [3.63, 3.8) is 0 Å². The van der Waals surface area contributed by atoms with Gasteiger partial charge in [0.15, 0.2) is 0 Å². The van der Waals surface area contributed by atoms with Gasteiger partial charge in [0, 0.05) is 22.8 Å². The smallest absolute Gasteiger partial charge is 0.301 e. The molecule has 0 saturated heterocycles. The number of anilines is 1. The van der Waals surface area contributed by atoms with E-state index in [1.165, 1.54) is 11.4 Å². The molecular formula is C10H16IN3O2S. The molecule has 0 heterocycles. The third-order valence-corrected chi connectivity index (χ3v) is 4.39. The van der Waals surface area contributed by atoms with Crippen molar-refractivity contribution in [3.8, 4) is 0 Å². The van der Waals surface area contributed by atoms with Gasteiger partial charge in [0.1, 0.15) is 0 Å². The van der Waals surface area contributed by atoms with Crippen molar-refractivity contribution < 1.29 is 8.42 Å². The second-order valence-electron chi connectivity index (χ2n) is 3.58. The molecule has 17 heavy (non-hydrogen) atoms. The van der Waals surface area contributed by atoms with Gasteiger partial charge in [-0.2, -0.15) is 12.7 Å². The molecule has 0 unspecified atom stereocenters. The fraction of sp³-hybridized carbons (Fsp3) is 0.400. The monoisotopic (exact) mass is 369 g/mol. The Labute approximate surface area is 116 Å². The molecule has 0 aliphatic carbocycles. The lowest BCUT2D eigenvalue weighted by molar-refractivity contribution is 0.468. The Kier molecular flexibility index (Phi) is 5.63. The molecule has 0 aliphatic heterocycles. The SMILES string of the molecule is CN(CCCN)S(=O)(=O)Nc1ccc(I)cc1. The lowest BCUT2D eigenvalue weighted by Crippen LogP contribution is -2.34. The van der Waals surface area contributed by atoms with Gasteiger partial charge in [-0.25, -0.2) is 0 Å². The minimum atomic E-state index is -3.47. The Balaban J connectivity index is 2.69. The predicted octanol–water partition coefficient (Wildman–Crippen LogP) is 1.23. The van der Waals surface area contributed by atoms with Crippen LogP contribution in [0.15, 0.2) is 24.3 Å². The van der Waals surface area contributed by atoms with E-state index in [0.717, 1.165) is 3.57 Å². The van der Waals surface area contributed by atoms with Crippen molar-refractivity contribution in [3.05, 3.63) is 27.8 Å². The summed E-state index contributed by atoms with van der Waals surface area (Å²) in [6.07, 6.45) is 0.643. The molecule has 0 saturated carbocycles. The van der Waals surface area contributed by atoms with E-state index in [4.69, 9.17) is 5.73 Å². The Hall–Kier alpha value is -0.380. The van der Waals surface area contributed by atoms with Crippen molar-refractivity contribution in [1.29, 1.82) is 0 Å². The van der Waals surface area contributed by atoms with Crippen LogP contribution in [0, 0.1) is 3.57 Å². The molecular weight excluding hydrogens is 353 g/mol. The number of benzene rings is 1. The lowest BCUT2D eigenvalue weighted by atomic mass is 10.3. The van der Waals surface area contributed by atoms with Gasteiger partial charge in [0.2, 0.25) is 0 Å². The van der Waals surface area contributed by atoms with Crippen LogP contribution >= 0.6 is 22.6 Å². The van der Waals surface area contributed by atoms with Crippen LogP contribution in [-0.2, 0) is 10.2 Å². The maximum atomic E-state index is 11.9. The van der Waals surface area contributed by atoms with E-state index in [9.17, 15) is 8.42 Å². The summed E-state index contributed by atoms with van der Waals surface area (Å²) >= 11 is 2.16. The molecule has 0 spiro atoms. The summed E-state index contributed by atoms with van der Waals surface area (Å²) in [5.74, 6) is 0. The molecule has 1 rings (SSSR count). The first-order valence-electron chi connectivity index (χ1n) is 5.15. The molecule has 1 aromatic carbocycles. The molecule has 0 amide bonds. The molecule has 96 valence electrons. The van der Waals surface area contributed by atoms with Gasteiger partial charge in [-0.3, -0.25) is 4.72 Å². The average molecular weight is 369 g/mol. The molecule has 0 aliphatic rings. The number of nitrogens with two attached hydrogens (primary N) is 1. The van der Waals surface area contributed by atoms with E-state index in [-0.39, 0.29) is 0 Å². The molecule has 0 fully saturated rings. The zero-order valence-corrected chi connectivity index (χ0v) is 12.5. The Morgan fingerprint density at radius 3 is 2.47 bits per heavy atom. The number of nitrogens with zero attached hydrogens (tertiary/aromatic N) is 1. The van der Waals surface area contributed by atoms with E-state index in [0.29, 0.717) is 25.2 Å². The van der Waals surface area contributed by atoms with Gasteiger partial charge < -0.3 is 5.73 Å². The molecule has 5 nitrogen and oxygen atoms in total. The molecule has 0 bridgehead atoms. The van der Waals surface area contributed by atoms with E-state index in [1.54, 1.807) is 12.1 Å². The van der Waals surface area contributed by atoms with Crippen LogP contribution in [-0.4, -0.2) is 32.9 Å². The van der Waals surface area contributed by atoms with Gasteiger partial charge in [0.25, 0.3) is 0 Å². The molecule has 7 heteroatoms. The largest absolute Gasteiger partial charge is 0.330 e. The predicted molar refractivity (Wildman–Crippen MR) is 78.0 cm³/mol. The highest BCUT2D eigenvalue weighted by molar-refractivity contribution is 14.1. The highest BCUT2D eigenvalue weighted by Crippen LogP contribution is 2.13. The van der Waals surface area contributed by atoms with Crippen LogP contribution in [0.5, 0.6) is 0 Å². The molecule has 0 radical (unpaired) electrons. The Morgan fingerprint density at radius 2 is 1.94 bits per heavy atom. The van der Waals surface area contributed by atoms with Crippen molar-refractivity contribution in [2.24, 2.45) is 5.73 Å². The number of nitrogens with one attached hydrogen (secondary N) is 1. The van der Waals surface area contributed by atoms with Crippen molar-refractivity contribution >= 4 is 38.5 Å². The number of hydrogen-bond acceptors (Lipinski definition) is 3. The van der Waals surface area contributed by atoms with Gasteiger partial charge in [-0.15, -0.1) is 0 Å². The second kappa shape index (κ2) is 6.53. The Morgan fingerprint density at radius 1 is 1.35 bits per heavy atom. The van der Waals surface area contributed by atoms with Crippen LogP contribution in [0.25, 0.3) is 0 Å². The number of rotatable bonds is 6. The number of halogens is 1. The fourth-order valence-electron chi connectivity index (χ4n) is 1.18. The van der Waals surface area contributed by atoms with Gasteiger partial charge >= 0.3 is 10.2 Å². The summed E-state index contributed by atoms with van der Waals surface area (Å²) in [4.78, 5) is 0. The van der Waals surface area contributed by atoms with Gasteiger partial charge in [-0.1, -0.05) is 0 Å². The first-order chi connectivity index (χ1) is 7.95. The highest BCUT2D eigenvalue weighted by atomic mass is 127. The van der Waals surface area contributed by atoms with Crippen molar-refractivity contribution in [1.82, 2.24) is 4.31 Å². The maximum Gasteiger partial charge on any atom is 0.301 e. The van der Waals surface area contributed by atoms with Crippen LogP contribution < -0.4 is 10.5 Å². The third-order valence-electron chi connectivity index (χ3n) is 2.18. The summed E-state index contributed by atoms with van der Waals surface area (Å²) in [6.45, 7) is 0.888. The fourth-order valence-corrected chi connectivity index (χ4v) is 2.50. The summed E-state index contributed by atoms with van der Waals surface area (Å²) in [6, 6.07) is 7.16. The highest BCUT2D eigenvalue weighted by Gasteiger charge is 2.16. The molecule has 0 aromatic heterocycles. The van der Waals surface area contributed by atoms with E-state index >= 15 is 0 Å².